The molecule has 0 amide bonds. The number of anilines is 2. The molecular formula is C12H12ClN3. The van der Waals surface area contributed by atoms with E-state index in [2.05, 4.69) is 29.0 Å². The second kappa shape index (κ2) is 4.49. The monoisotopic (exact) mass is 233 g/mol. The topological polar surface area (TPSA) is 29.0 Å². The summed E-state index contributed by atoms with van der Waals surface area (Å²) in [6.07, 6.45) is 3.21. The van der Waals surface area contributed by atoms with Crippen molar-refractivity contribution in [1.29, 1.82) is 0 Å². The van der Waals surface area contributed by atoms with Crippen molar-refractivity contribution >= 4 is 23.1 Å². The van der Waals surface area contributed by atoms with Crippen LogP contribution in [-0.2, 0) is 0 Å². The number of hydrogen-bond donors (Lipinski definition) is 0. The first-order chi connectivity index (χ1) is 7.66. The Labute approximate surface area is 99.7 Å². The van der Waals surface area contributed by atoms with E-state index in [4.69, 9.17) is 11.6 Å². The number of halogens is 1. The first-order valence-corrected chi connectivity index (χ1v) is 5.32. The normalized spacial score (nSPS) is 10.2. The number of rotatable bonds is 2. The van der Waals surface area contributed by atoms with E-state index >= 15 is 0 Å². The second-order valence-corrected chi connectivity index (χ2v) is 3.99. The molecule has 1 heterocycles. The summed E-state index contributed by atoms with van der Waals surface area (Å²) in [7, 11) is 1.94. The molecule has 0 aliphatic carbocycles. The summed E-state index contributed by atoms with van der Waals surface area (Å²) >= 11 is 5.81. The van der Waals surface area contributed by atoms with Crippen LogP contribution in [0.15, 0.2) is 36.7 Å². The molecule has 0 radical (unpaired) electrons. The summed E-state index contributed by atoms with van der Waals surface area (Å²) in [6, 6.07) is 8.18. The summed E-state index contributed by atoms with van der Waals surface area (Å²) < 4.78 is 0. The van der Waals surface area contributed by atoms with Crippen LogP contribution in [0.3, 0.4) is 0 Å². The van der Waals surface area contributed by atoms with Gasteiger partial charge in [0.05, 0.1) is 12.4 Å². The number of hydrogen-bond acceptors (Lipinski definition) is 3. The SMILES string of the molecule is Cc1cccc(N(C)c2cncc(Cl)n2)c1. The smallest absolute Gasteiger partial charge is 0.153 e. The van der Waals surface area contributed by atoms with Crippen molar-refractivity contribution in [1.82, 2.24) is 9.97 Å². The van der Waals surface area contributed by atoms with Crippen LogP contribution in [0.4, 0.5) is 11.5 Å². The fourth-order valence-electron chi connectivity index (χ4n) is 1.46. The Bertz CT molecular complexity index is 454. The third-order valence-corrected chi connectivity index (χ3v) is 2.51. The van der Waals surface area contributed by atoms with E-state index < -0.39 is 0 Å². The maximum atomic E-state index is 5.81. The van der Waals surface area contributed by atoms with Gasteiger partial charge in [0.2, 0.25) is 0 Å². The Balaban J connectivity index is 2.35. The molecule has 0 atom stereocenters. The van der Waals surface area contributed by atoms with Crippen LogP contribution >= 0.6 is 11.6 Å². The van der Waals surface area contributed by atoms with Gasteiger partial charge in [-0.15, -0.1) is 0 Å². The lowest BCUT2D eigenvalue weighted by Gasteiger charge is -2.18. The molecule has 1 aromatic heterocycles. The summed E-state index contributed by atoms with van der Waals surface area (Å²) in [5.74, 6) is 0.734. The summed E-state index contributed by atoms with van der Waals surface area (Å²) in [5, 5.41) is 0.400. The average Bonchev–Trinajstić information content (AvgIpc) is 2.28. The average molecular weight is 234 g/mol. The Hall–Kier alpha value is -1.61. The molecule has 0 bridgehead atoms. The number of nitrogens with zero attached hydrogens (tertiary/aromatic N) is 3. The van der Waals surface area contributed by atoms with E-state index in [1.54, 1.807) is 6.20 Å². The third kappa shape index (κ3) is 2.31. The van der Waals surface area contributed by atoms with Gasteiger partial charge < -0.3 is 4.90 Å². The number of aryl methyl sites for hydroxylation is 1. The highest BCUT2D eigenvalue weighted by Gasteiger charge is 2.05. The predicted octanol–water partition coefficient (Wildman–Crippen LogP) is 3.21. The van der Waals surface area contributed by atoms with E-state index in [0.717, 1.165) is 11.5 Å². The fraction of sp³-hybridized carbons (Fsp3) is 0.167. The molecule has 4 heteroatoms. The highest BCUT2D eigenvalue weighted by molar-refractivity contribution is 6.29. The van der Waals surface area contributed by atoms with Crippen molar-refractivity contribution in [2.45, 2.75) is 6.92 Å². The molecular weight excluding hydrogens is 222 g/mol. The molecule has 0 aliphatic heterocycles. The predicted molar refractivity (Wildman–Crippen MR) is 66.3 cm³/mol. The van der Waals surface area contributed by atoms with Crippen molar-refractivity contribution in [3.8, 4) is 0 Å². The highest BCUT2D eigenvalue weighted by Crippen LogP contribution is 2.22. The largest absolute Gasteiger partial charge is 0.328 e. The van der Waals surface area contributed by atoms with Gasteiger partial charge in [-0.25, -0.2) is 4.98 Å². The van der Waals surface area contributed by atoms with Crippen LogP contribution in [0.1, 0.15) is 5.56 Å². The van der Waals surface area contributed by atoms with Gasteiger partial charge in [-0.3, -0.25) is 4.98 Å². The molecule has 0 fully saturated rings. The minimum Gasteiger partial charge on any atom is -0.328 e. The summed E-state index contributed by atoms with van der Waals surface area (Å²) in [6.45, 7) is 2.06. The summed E-state index contributed by atoms with van der Waals surface area (Å²) in [5.41, 5.74) is 2.27. The van der Waals surface area contributed by atoms with E-state index in [9.17, 15) is 0 Å². The lowest BCUT2D eigenvalue weighted by molar-refractivity contribution is 1.09. The molecule has 2 rings (SSSR count). The molecule has 2 aromatic rings. The molecule has 1 aromatic carbocycles. The lowest BCUT2D eigenvalue weighted by atomic mass is 10.2. The second-order valence-electron chi connectivity index (χ2n) is 3.60. The minimum absolute atomic E-state index is 0.400. The first-order valence-electron chi connectivity index (χ1n) is 4.95. The van der Waals surface area contributed by atoms with Gasteiger partial charge in [-0.05, 0) is 24.6 Å². The molecule has 0 N–H and O–H groups in total. The Morgan fingerprint density at radius 3 is 2.75 bits per heavy atom. The van der Waals surface area contributed by atoms with Crippen LogP contribution in [0.2, 0.25) is 5.15 Å². The summed E-state index contributed by atoms with van der Waals surface area (Å²) in [4.78, 5) is 10.2. The maximum Gasteiger partial charge on any atom is 0.153 e. The van der Waals surface area contributed by atoms with Crippen LogP contribution in [0, 0.1) is 6.92 Å². The van der Waals surface area contributed by atoms with Gasteiger partial charge in [-0.2, -0.15) is 0 Å². The zero-order valence-corrected chi connectivity index (χ0v) is 9.94. The van der Waals surface area contributed by atoms with E-state index in [-0.39, 0.29) is 0 Å². The van der Waals surface area contributed by atoms with Crippen LogP contribution in [-0.4, -0.2) is 17.0 Å². The van der Waals surface area contributed by atoms with Gasteiger partial charge in [0, 0.05) is 12.7 Å². The quantitative estimate of drug-likeness (QED) is 0.798. The molecule has 0 saturated heterocycles. The van der Waals surface area contributed by atoms with E-state index in [1.165, 1.54) is 11.8 Å². The van der Waals surface area contributed by atoms with Crippen molar-refractivity contribution in [3.63, 3.8) is 0 Å². The fourth-order valence-corrected chi connectivity index (χ4v) is 1.61. The zero-order chi connectivity index (χ0) is 11.5. The van der Waals surface area contributed by atoms with Gasteiger partial charge in [0.1, 0.15) is 5.15 Å². The van der Waals surface area contributed by atoms with Crippen LogP contribution in [0.5, 0.6) is 0 Å². The number of aromatic nitrogens is 2. The van der Waals surface area contributed by atoms with Gasteiger partial charge >= 0.3 is 0 Å². The van der Waals surface area contributed by atoms with Gasteiger partial charge in [0.25, 0.3) is 0 Å². The lowest BCUT2D eigenvalue weighted by Crippen LogP contribution is -2.11. The van der Waals surface area contributed by atoms with Crippen molar-refractivity contribution in [2.75, 3.05) is 11.9 Å². The first kappa shape index (κ1) is 10.9. The molecule has 16 heavy (non-hydrogen) atoms. The van der Waals surface area contributed by atoms with Crippen molar-refractivity contribution in [3.05, 3.63) is 47.4 Å². The Morgan fingerprint density at radius 1 is 1.25 bits per heavy atom. The van der Waals surface area contributed by atoms with Gasteiger partial charge in [-0.1, -0.05) is 23.7 Å². The molecule has 0 unspecified atom stereocenters. The Morgan fingerprint density at radius 2 is 2.06 bits per heavy atom. The zero-order valence-electron chi connectivity index (χ0n) is 9.18. The standard InChI is InChI=1S/C12H12ClN3/c1-9-4-3-5-10(6-9)16(2)12-8-14-7-11(13)15-12/h3-8H,1-2H3. The minimum atomic E-state index is 0.400. The van der Waals surface area contributed by atoms with E-state index in [0.29, 0.717) is 5.15 Å². The highest BCUT2D eigenvalue weighted by atomic mass is 35.5. The third-order valence-electron chi connectivity index (χ3n) is 2.33. The maximum absolute atomic E-state index is 5.81. The van der Waals surface area contributed by atoms with Gasteiger partial charge in [0.15, 0.2) is 5.82 Å². The molecule has 82 valence electrons. The van der Waals surface area contributed by atoms with Crippen molar-refractivity contribution in [2.24, 2.45) is 0 Å². The molecule has 0 spiro atoms. The van der Waals surface area contributed by atoms with Crippen LogP contribution < -0.4 is 4.90 Å². The number of benzene rings is 1. The van der Waals surface area contributed by atoms with Crippen molar-refractivity contribution < 1.29 is 0 Å². The molecule has 0 aliphatic rings. The molecule has 3 nitrogen and oxygen atoms in total. The Kier molecular flexibility index (Phi) is 3.06. The molecule has 0 saturated carbocycles. The van der Waals surface area contributed by atoms with E-state index in [1.807, 2.05) is 24.1 Å². The van der Waals surface area contributed by atoms with Crippen LogP contribution in [0.25, 0.3) is 0 Å².